The van der Waals surface area contributed by atoms with E-state index in [1.54, 1.807) is 19.2 Å². The molecule has 1 heterocycles. The molecule has 28 heavy (non-hydrogen) atoms. The molecule has 4 rings (SSSR count). The molecular formula is C23H27FN2O2. The number of hydrogen-bond acceptors (Lipinski definition) is 3. The number of amides is 1. The van der Waals surface area contributed by atoms with Gasteiger partial charge in [-0.05, 0) is 42.7 Å². The minimum Gasteiger partial charge on any atom is -0.495 e. The van der Waals surface area contributed by atoms with Gasteiger partial charge in [0.25, 0.3) is 0 Å². The molecular weight excluding hydrogens is 355 g/mol. The van der Waals surface area contributed by atoms with E-state index in [0.29, 0.717) is 13.1 Å². The largest absolute Gasteiger partial charge is 0.495 e. The summed E-state index contributed by atoms with van der Waals surface area (Å²) in [4.78, 5) is 17.8. The Hall–Kier alpha value is -2.56. The molecule has 0 unspecified atom stereocenters. The number of carbonyl (C=O) groups excluding carboxylic acids is 1. The van der Waals surface area contributed by atoms with Crippen LogP contribution in [0.2, 0.25) is 0 Å². The van der Waals surface area contributed by atoms with E-state index >= 15 is 0 Å². The van der Waals surface area contributed by atoms with Gasteiger partial charge in [-0.25, -0.2) is 4.39 Å². The molecule has 1 saturated heterocycles. The number of para-hydroxylation sites is 2. The monoisotopic (exact) mass is 382 g/mol. The minimum absolute atomic E-state index is 0.162. The lowest BCUT2D eigenvalue weighted by Gasteiger charge is -2.41. The van der Waals surface area contributed by atoms with Gasteiger partial charge in [-0.3, -0.25) is 4.79 Å². The molecule has 148 valence electrons. The number of anilines is 1. The van der Waals surface area contributed by atoms with E-state index in [4.69, 9.17) is 4.74 Å². The van der Waals surface area contributed by atoms with Gasteiger partial charge in [0.1, 0.15) is 11.6 Å². The predicted molar refractivity (Wildman–Crippen MR) is 108 cm³/mol. The van der Waals surface area contributed by atoms with Crippen LogP contribution in [0, 0.1) is 5.82 Å². The highest BCUT2D eigenvalue weighted by molar-refractivity contribution is 5.89. The summed E-state index contributed by atoms with van der Waals surface area (Å²) in [6, 6.07) is 14.6. The average Bonchev–Trinajstić information content (AvgIpc) is 3.24. The second-order valence-electron chi connectivity index (χ2n) is 7.75. The number of hydrogen-bond donors (Lipinski definition) is 0. The van der Waals surface area contributed by atoms with Crippen LogP contribution in [0.25, 0.3) is 0 Å². The molecule has 1 aliphatic carbocycles. The maximum absolute atomic E-state index is 13.9. The van der Waals surface area contributed by atoms with Crippen molar-refractivity contribution in [1.82, 2.24) is 4.90 Å². The Balaban J connectivity index is 1.51. The molecule has 0 spiro atoms. The summed E-state index contributed by atoms with van der Waals surface area (Å²) < 4.78 is 19.3. The van der Waals surface area contributed by atoms with Crippen LogP contribution in [0.3, 0.4) is 0 Å². The van der Waals surface area contributed by atoms with Crippen molar-refractivity contribution >= 4 is 11.6 Å². The third kappa shape index (κ3) is 3.34. The first kappa shape index (κ1) is 18.8. The summed E-state index contributed by atoms with van der Waals surface area (Å²) in [6.07, 6.45) is 3.65. The van der Waals surface area contributed by atoms with Crippen LogP contribution in [0.4, 0.5) is 10.1 Å². The number of ether oxygens (including phenoxy) is 1. The zero-order valence-corrected chi connectivity index (χ0v) is 16.4. The van der Waals surface area contributed by atoms with Crippen molar-refractivity contribution in [3.63, 3.8) is 0 Å². The maximum Gasteiger partial charge on any atom is 0.233 e. The fraction of sp³-hybridized carbons (Fsp3) is 0.435. The predicted octanol–water partition coefficient (Wildman–Crippen LogP) is 3.99. The SMILES string of the molecule is COc1ccccc1N1CCN(C(=O)C2(c3cccc(F)c3)CCCC2)CC1. The lowest BCUT2D eigenvalue weighted by molar-refractivity contribution is -0.137. The Morgan fingerprint density at radius 1 is 1.00 bits per heavy atom. The Labute approximate surface area is 165 Å². The molecule has 0 aromatic heterocycles. The van der Waals surface area contributed by atoms with E-state index in [0.717, 1.165) is 55.8 Å². The Bertz CT molecular complexity index is 840. The van der Waals surface area contributed by atoms with Gasteiger partial charge in [0.15, 0.2) is 0 Å². The summed E-state index contributed by atoms with van der Waals surface area (Å²) in [6.45, 7) is 2.89. The summed E-state index contributed by atoms with van der Waals surface area (Å²) in [7, 11) is 1.68. The molecule has 2 aromatic rings. The molecule has 2 fully saturated rings. The molecule has 1 aliphatic heterocycles. The highest BCUT2D eigenvalue weighted by Gasteiger charge is 2.45. The number of rotatable bonds is 4. The molecule has 1 saturated carbocycles. The van der Waals surface area contributed by atoms with Crippen molar-refractivity contribution in [2.45, 2.75) is 31.1 Å². The number of piperazine rings is 1. The lowest BCUT2D eigenvalue weighted by atomic mass is 9.77. The molecule has 2 aliphatic rings. The van der Waals surface area contributed by atoms with Crippen LogP contribution >= 0.6 is 0 Å². The van der Waals surface area contributed by atoms with E-state index in [1.807, 2.05) is 29.2 Å². The first-order chi connectivity index (χ1) is 13.6. The molecule has 4 nitrogen and oxygen atoms in total. The van der Waals surface area contributed by atoms with Gasteiger partial charge >= 0.3 is 0 Å². The van der Waals surface area contributed by atoms with E-state index in [-0.39, 0.29) is 11.7 Å². The number of methoxy groups -OCH3 is 1. The van der Waals surface area contributed by atoms with Gasteiger partial charge in [-0.1, -0.05) is 37.1 Å². The summed E-state index contributed by atoms with van der Waals surface area (Å²) in [5.74, 6) is 0.752. The minimum atomic E-state index is -0.561. The normalized spacial score (nSPS) is 18.9. The van der Waals surface area contributed by atoms with Crippen molar-refractivity contribution in [2.75, 3.05) is 38.2 Å². The Morgan fingerprint density at radius 3 is 2.39 bits per heavy atom. The first-order valence-electron chi connectivity index (χ1n) is 10.1. The molecule has 1 amide bonds. The van der Waals surface area contributed by atoms with E-state index in [1.165, 1.54) is 6.07 Å². The van der Waals surface area contributed by atoms with Gasteiger partial charge in [-0.15, -0.1) is 0 Å². The third-order valence-electron chi connectivity index (χ3n) is 6.24. The average molecular weight is 382 g/mol. The van der Waals surface area contributed by atoms with Gasteiger partial charge in [-0.2, -0.15) is 0 Å². The van der Waals surface area contributed by atoms with E-state index < -0.39 is 5.41 Å². The molecule has 0 atom stereocenters. The Kier molecular flexibility index (Phi) is 5.25. The van der Waals surface area contributed by atoms with E-state index in [9.17, 15) is 9.18 Å². The van der Waals surface area contributed by atoms with Crippen LogP contribution in [0.5, 0.6) is 5.75 Å². The number of nitrogens with zero attached hydrogens (tertiary/aromatic N) is 2. The van der Waals surface area contributed by atoms with Gasteiger partial charge in [0.05, 0.1) is 18.2 Å². The molecule has 2 aromatic carbocycles. The highest BCUT2D eigenvalue weighted by atomic mass is 19.1. The van der Waals surface area contributed by atoms with Gasteiger partial charge in [0.2, 0.25) is 5.91 Å². The number of benzene rings is 2. The third-order valence-corrected chi connectivity index (χ3v) is 6.24. The molecule has 0 radical (unpaired) electrons. The number of carbonyl (C=O) groups is 1. The van der Waals surface area contributed by atoms with Crippen LogP contribution in [0.15, 0.2) is 48.5 Å². The quantitative estimate of drug-likeness (QED) is 0.801. The van der Waals surface area contributed by atoms with Crippen LogP contribution in [-0.2, 0) is 10.2 Å². The second kappa shape index (κ2) is 7.82. The van der Waals surface area contributed by atoms with Crippen LogP contribution in [-0.4, -0.2) is 44.1 Å². The summed E-state index contributed by atoms with van der Waals surface area (Å²) in [5, 5.41) is 0. The van der Waals surface area contributed by atoms with Gasteiger partial charge < -0.3 is 14.5 Å². The van der Waals surface area contributed by atoms with Gasteiger partial charge in [0, 0.05) is 26.2 Å². The van der Waals surface area contributed by atoms with Crippen molar-refractivity contribution < 1.29 is 13.9 Å². The highest BCUT2D eigenvalue weighted by Crippen LogP contribution is 2.43. The lowest BCUT2D eigenvalue weighted by Crippen LogP contribution is -2.54. The van der Waals surface area contributed by atoms with Crippen LogP contribution in [0.1, 0.15) is 31.2 Å². The summed E-state index contributed by atoms with van der Waals surface area (Å²) in [5.41, 5.74) is 1.34. The van der Waals surface area contributed by atoms with E-state index in [2.05, 4.69) is 11.0 Å². The smallest absolute Gasteiger partial charge is 0.233 e. The topological polar surface area (TPSA) is 32.8 Å². The maximum atomic E-state index is 13.9. The van der Waals surface area contributed by atoms with Crippen molar-refractivity contribution in [3.8, 4) is 5.75 Å². The zero-order valence-electron chi connectivity index (χ0n) is 16.4. The first-order valence-corrected chi connectivity index (χ1v) is 10.1. The Morgan fingerprint density at radius 2 is 1.71 bits per heavy atom. The molecule has 0 bridgehead atoms. The summed E-state index contributed by atoms with van der Waals surface area (Å²) >= 11 is 0. The standard InChI is InChI=1S/C23H27FN2O2/c1-28-21-10-3-2-9-20(21)25-13-15-26(16-14-25)22(27)23(11-4-5-12-23)18-7-6-8-19(24)17-18/h2-3,6-10,17H,4-5,11-16H2,1H3. The zero-order chi connectivity index (χ0) is 19.6. The number of halogens is 1. The van der Waals surface area contributed by atoms with Crippen molar-refractivity contribution in [1.29, 1.82) is 0 Å². The van der Waals surface area contributed by atoms with Crippen molar-refractivity contribution in [2.24, 2.45) is 0 Å². The second-order valence-corrected chi connectivity index (χ2v) is 7.75. The van der Waals surface area contributed by atoms with Crippen molar-refractivity contribution in [3.05, 3.63) is 59.9 Å². The van der Waals surface area contributed by atoms with Crippen LogP contribution < -0.4 is 9.64 Å². The fourth-order valence-corrected chi connectivity index (χ4v) is 4.73. The molecule has 0 N–H and O–H groups in total. The molecule has 5 heteroatoms. The fourth-order valence-electron chi connectivity index (χ4n) is 4.73.